The van der Waals surface area contributed by atoms with Gasteiger partial charge < -0.3 is 0 Å². The molecule has 3 nitrogen and oxygen atoms in total. The summed E-state index contributed by atoms with van der Waals surface area (Å²) in [5.41, 5.74) is 1.34. The molecule has 0 aliphatic carbocycles. The molecular weight excluding hydrogens is 324 g/mol. The molecule has 2 aromatic rings. The van der Waals surface area contributed by atoms with Gasteiger partial charge >= 0.3 is 0 Å². The number of carbonyl (C=O) groups is 1. The minimum Gasteiger partial charge on any atom is -0.294 e. The van der Waals surface area contributed by atoms with Crippen LogP contribution in [0, 0.1) is 6.92 Å². The Balaban J connectivity index is 2.06. The van der Waals surface area contributed by atoms with Gasteiger partial charge in [0.1, 0.15) is 5.82 Å². The van der Waals surface area contributed by atoms with E-state index >= 15 is 0 Å². The second-order valence-corrected chi connectivity index (χ2v) is 6.05. The van der Waals surface area contributed by atoms with E-state index in [-0.39, 0.29) is 5.78 Å². The first-order valence-electron chi connectivity index (χ1n) is 5.78. The number of rotatable bonds is 4. The maximum atomic E-state index is 11.3. The van der Waals surface area contributed by atoms with Crippen LogP contribution in [0.3, 0.4) is 0 Å². The average molecular weight is 337 g/mol. The van der Waals surface area contributed by atoms with E-state index in [0.29, 0.717) is 11.3 Å². The van der Waals surface area contributed by atoms with E-state index in [1.165, 1.54) is 11.8 Å². The van der Waals surface area contributed by atoms with Gasteiger partial charge in [-0.15, -0.1) is 11.8 Å². The minimum atomic E-state index is 0.00427. The Hall–Kier alpha value is -1.20. The predicted octanol–water partition coefficient (Wildman–Crippen LogP) is 4.04. The van der Waals surface area contributed by atoms with E-state index in [1.807, 2.05) is 31.2 Å². The van der Waals surface area contributed by atoms with Crippen molar-refractivity contribution in [1.29, 1.82) is 0 Å². The number of ketones is 1. The molecule has 0 atom stereocenters. The second kappa shape index (κ2) is 6.30. The number of hydrogen-bond donors (Lipinski definition) is 0. The zero-order chi connectivity index (χ0) is 13.8. The fourth-order valence-corrected chi connectivity index (χ4v) is 2.64. The summed E-state index contributed by atoms with van der Waals surface area (Å²) in [7, 11) is 0. The van der Waals surface area contributed by atoms with Crippen LogP contribution in [-0.4, -0.2) is 15.8 Å². The molecule has 0 radical (unpaired) electrons. The molecule has 98 valence electrons. The van der Waals surface area contributed by atoms with Crippen LogP contribution >= 0.6 is 27.7 Å². The summed E-state index contributed by atoms with van der Waals surface area (Å²) in [4.78, 5) is 21.1. The summed E-state index contributed by atoms with van der Waals surface area (Å²) in [6, 6.07) is 8.11. The van der Waals surface area contributed by atoms with E-state index < -0.39 is 0 Å². The molecule has 1 aromatic carbocycles. The van der Waals surface area contributed by atoms with Gasteiger partial charge in [-0.1, -0.05) is 15.9 Å². The van der Waals surface area contributed by atoms with Crippen molar-refractivity contribution in [3.05, 3.63) is 52.0 Å². The Morgan fingerprint density at radius 1 is 1.32 bits per heavy atom. The largest absolute Gasteiger partial charge is 0.294 e. The van der Waals surface area contributed by atoms with Gasteiger partial charge in [-0.3, -0.25) is 4.79 Å². The summed E-state index contributed by atoms with van der Waals surface area (Å²) in [5, 5.41) is 0. The lowest BCUT2D eigenvalue weighted by atomic mass is 10.2. The van der Waals surface area contributed by atoms with Gasteiger partial charge in [-0.25, -0.2) is 9.97 Å². The summed E-state index contributed by atoms with van der Waals surface area (Å²) in [6.45, 7) is 3.37. The minimum absolute atomic E-state index is 0.00427. The highest BCUT2D eigenvalue weighted by atomic mass is 79.9. The lowest BCUT2D eigenvalue weighted by molar-refractivity contribution is 0.101. The number of benzene rings is 1. The Kier molecular flexibility index (Phi) is 4.71. The van der Waals surface area contributed by atoms with Crippen molar-refractivity contribution in [2.24, 2.45) is 0 Å². The maximum Gasteiger partial charge on any atom is 0.163 e. The fraction of sp³-hybridized carbons (Fsp3) is 0.214. The van der Waals surface area contributed by atoms with Gasteiger partial charge in [0.2, 0.25) is 0 Å². The van der Waals surface area contributed by atoms with Crippen molar-refractivity contribution in [2.75, 3.05) is 0 Å². The lowest BCUT2D eigenvalue weighted by Gasteiger charge is -2.04. The van der Waals surface area contributed by atoms with Gasteiger partial charge in [0, 0.05) is 15.6 Å². The molecule has 0 aliphatic heterocycles. The van der Waals surface area contributed by atoms with Crippen molar-refractivity contribution in [2.45, 2.75) is 24.5 Å². The highest BCUT2D eigenvalue weighted by molar-refractivity contribution is 9.10. The zero-order valence-electron chi connectivity index (χ0n) is 10.7. The molecule has 0 saturated heterocycles. The van der Waals surface area contributed by atoms with Crippen LogP contribution < -0.4 is 0 Å². The van der Waals surface area contributed by atoms with E-state index in [2.05, 4.69) is 25.9 Å². The SMILES string of the molecule is CC(=O)c1cnc(CSc2ccc(Br)cc2)nc1C. The number of nitrogens with zero attached hydrogens (tertiary/aromatic N) is 2. The molecule has 0 spiro atoms. The first kappa shape index (κ1) is 14.2. The maximum absolute atomic E-state index is 11.3. The molecule has 5 heteroatoms. The topological polar surface area (TPSA) is 42.9 Å². The average Bonchev–Trinajstić information content (AvgIpc) is 2.37. The van der Waals surface area contributed by atoms with Crippen molar-refractivity contribution in [3.63, 3.8) is 0 Å². The van der Waals surface area contributed by atoms with Crippen LogP contribution in [0.25, 0.3) is 0 Å². The Morgan fingerprint density at radius 3 is 2.58 bits per heavy atom. The van der Waals surface area contributed by atoms with Crippen molar-refractivity contribution in [1.82, 2.24) is 9.97 Å². The molecule has 0 amide bonds. The summed E-state index contributed by atoms with van der Waals surface area (Å²) < 4.78 is 1.06. The number of halogens is 1. The molecule has 0 fully saturated rings. The molecule has 0 bridgehead atoms. The monoisotopic (exact) mass is 336 g/mol. The lowest BCUT2D eigenvalue weighted by Crippen LogP contribution is -2.03. The molecule has 0 aliphatic rings. The molecule has 1 aromatic heterocycles. The number of aryl methyl sites for hydroxylation is 1. The van der Waals surface area contributed by atoms with E-state index in [1.54, 1.807) is 18.0 Å². The zero-order valence-corrected chi connectivity index (χ0v) is 13.1. The fourth-order valence-electron chi connectivity index (χ4n) is 1.61. The number of thioether (sulfide) groups is 1. The third kappa shape index (κ3) is 3.88. The normalized spacial score (nSPS) is 10.5. The summed E-state index contributed by atoms with van der Waals surface area (Å²) in [6.07, 6.45) is 1.61. The Bertz CT molecular complexity index is 599. The Morgan fingerprint density at radius 2 is 2.00 bits per heavy atom. The smallest absolute Gasteiger partial charge is 0.163 e. The van der Waals surface area contributed by atoms with Crippen LogP contribution in [0.4, 0.5) is 0 Å². The number of Topliss-reactive ketones (excluding diaryl/α,β-unsaturated/α-hetero) is 1. The van der Waals surface area contributed by atoms with Crippen LogP contribution in [-0.2, 0) is 5.75 Å². The molecule has 19 heavy (non-hydrogen) atoms. The van der Waals surface area contributed by atoms with Crippen LogP contribution in [0.2, 0.25) is 0 Å². The van der Waals surface area contributed by atoms with Gasteiger partial charge in [-0.2, -0.15) is 0 Å². The number of aromatic nitrogens is 2. The number of carbonyl (C=O) groups excluding carboxylic acids is 1. The summed E-state index contributed by atoms with van der Waals surface area (Å²) >= 11 is 5.08. The van der Waals surface area contributed by atoms with Gasteiger partial charge in [0.15, 0.2) is 5.78 Å². The van der Waals surface area contributed by atoms with E-state index in [4.69, 9.17) is 0 Å². The van der Waals surface area contributed by atoms with Gasteiger partial charge in [0.25, 0.3) is 0 Å². The highest BCUT2D eigenvalue weighted by Gasteiger charge is 2.07. The van der Waals surface area contributed by atoms with Crippen molar-refractivity contribution >= 4 is 33.5 Å². The standard InChI is InChI=1S/C14H13BrN2OS/c1-9-13(10(2)18)7-16-14(17-9)8-19-12-5-3-11(15)4-6-12/h3-7H,8H2,1-2H3. The molecular formula is C14H13BrN2OS. The second-order valence-electron chi connectivity index (χ2n) is 4.08. The highest BCUT2D eigenvalue weighted by Crippen LogP contribution is 2.23. The van der Waals surface area contributed by atoms with Gasteiger partial charge in [0.05, 0.1) is 17.0 Å². The molecule has 0 unspecified atom stereocenters. The third-order valence-electron chi connectivity index (χ3n) is 2.59. The summed E-state index contributed by atoms with van der Waals surface area (Å²) in [5.74, 6) is 1.45. The number of hydrogen-bond acceptors (Lipinski definition) is 4. The molecule has 0 saturated carbocycles. The first-order chi connectivity index (χ1) is 9.06. The van der Waals surface area contributed by atoms with Crippen molar-refractivity contribution < 1.29 is 4.79 Å². The molecule has 1 heterocycles. The van der Waals surface area contributed by atoms with Crippen LogP contribution in [0.5, 0.6) is 0 Å². The van der Waals surface area contributed by atoms with Crippen LogP contribution in [0.1, 0.15) is 28.8 Å². The quantitative estimate of drug-likeness (QED) is 0.624. The van der Waals surface area contributed by atoms with Gasteiger partial charge in [-0.05, 0) is 38.1 Å². The predicted molar refractivity (Wildman–Crippen MR) is 80.5 cm³/mol. The van der Waals surface area contributed by atoms with E-state index in [0.717, 1.165) is 16.0 Å². The Labute approximate surface area is 125 Å². The first-order valence-corrected chi connectivity index (χ1v) is 7.56. The molecule has 2 rings (SSSR count). The van der Waals surface area contributed by atoms with Crippen LogP contribution in [0.15, 0.2) is 39.8 Å². The molecule has 0 N–H and O–H groups in total. The van der Waals surface area contributed by atoms with E-state index in [9.17, 15) is 4.79 Å². The van der Waals surface area contributed by atoms with Crippen molar-refractivity contribution in [3.8, 4) is 0 Å². The third-order valence-corrected chi connectivity index (χ3v) is 4.13.